The summed E-state index contributed by atoms with van der Waals surface area (Å²) in [6, 6.07) is 11.7. The Balaban J connectivity index is 0.693. The van der Waals surface area contributed by atoms with Gasteiger partial charge in [0.05, 0.1) is 52.5 Å². The molecule has 6 aromatic rings. The van der Waals surface area contributed by atoms with E-state index in [0.29, 0.717) is 86.5 Å². The van der Waals surface area contributed by atoms with Gasteiger partial charge in [-0.15, -0.1) is 11.3 Å². The molecule has 9 rings (SSSR count). The normalized spacial score (nSPS) is 19.0. The molecule has 0 aliphatic carbocycles. The number of piperazine rings is 1. The van der Waals surface area contributed by atoms with Gasteiger partial charge in [0, 0.05) is 95.3 Å². The van der Waals surface area contributed by atoms with Crippen molar-refractivity contribution in [2.45, 2.75) is 135 Å². The number of thiazole rings is 1. The number of carbonyl (C=O) groups excluding carboxylic acids is 5. The fourth-order valence-corrected chi connectivity index (χ4v) is 12.7. The summed E-state index contributed by atoms with van der Waals surface area (Å²) in [5.41, 5.74) is 18.6. The molecule has 26 heteroatoms. The van der Waals surface area contributed by atoms with Crippen molar-refractivity contribution in [2.24, 2.45) is 11.1 Å². The summed E-state index contributed by atoms with van der Waals surface area (Å²) < 4.78 is 50.5. The predicted octanol–water partition coefficient (Wildman–Crippen LogP) is 6.00. The van der Waals surface area contributed by atoms with Crippen LogP contribution in [-0.2, 0) is 30.5 Å². The first-order chi connectivity index (χ1) is 42.0. The number of amides is 5. The number of nitrogen functional groups attached to an aromatic ring is 1. The SMILES string of the molecule is Cc1ncsc1-c1ccc([C@H](C)NC(=O)[C@@H]2C[C@@H](O)CN2C(=O)[C@@H](NC(=O)CCCCN2CCN(C(=O)CCCNC(=O)COc3cc(-c4nccc(Cn5cnc6c(N)ncnc65)c4N4CCCC(N)(CC(F)F)C4)ccc3F)CC2)C(C)(C)C)cc1. The zero-order valence-electron chi connectivity index (χ0n) is 50.5. The van der Waals surface area contributed by atoms with Gasteiger partial charge >= 0.3 is 0 Å². The fraction of sp³-hybridized carbons (Fsp3) is 0.516. The Bertz CT molecular complexity index is 3430. The minimum absolute atomic E-state index is 0.0234. The number of hydrogen-bond acceptors (Lipinski definition) is 17. The number of imidazole rings is 1. The third-order valence-electron chi connectivity index (χ3n) is 16.6. The number of halogens is 3. The molecule has 5 amide bonds. The molecule has 0 radical (unpaired) electrons. The number of pyridine rings is 1. The number of anilines is 2. The summed E-state index contributed by atoms with van der Waals surface area (Å²) in [5.74, 6) is -2.33. The summed E-state index contributed by atoms with van der Waals surface area (Å²) in [5, 5.41) is 19.5. The van der Waals surface area contributed by atoms with E-state index in [1.54, 1.807) is 39.4 Å². The monoisotopic (exact) mass is 1240 g/mol. The van der Waals surface area contributed by atoms with Crippen LogP contribution in [0, 0.1) is 18.2 Å². The maximum Gasteiger partial charge on any atom is 0.257 e. The maximum absolute atomic E-state index is 15.4. The number of nitrogens with one attached hydrogen (secondary N) is 3. The molecule has 2 aromatic carbocycles. The van der Waals surface area contributed by atoms with Gasteiger partial charge in [0.2, 0.25) is 30.1 Å². The Labute approximate surface area is 514 Å². The van der Waals surface area contributed by atoms with Crippen molar-refractivity contribution in [3.8, 4) is 27.4 Å². The number of alkyl halides is 2. The third-order valence-corrected chi connectivity index (χ3v) is 17.6. The standard InChI is InChI=1S/C62H80F3N15O7S/c1-38(40-12-14-41(15-13-40)55-39(2)73-37-88-55)74-59(85)46-29-44(81)32-80(46)60(86)56(61(3,4)5)75-49(82)10-6-7-22-76-24-26-77(27-25-76)51(84)11-8-20-68-50(83)33-87-47-28-42(16-17-45(47)63)52-54(78-23-9-19-62(67,34-78)30-48(64)65)43(18-21-69-52)31-79-36-72-53-57(66)70-35-71-58(53)79/h12-18,21,28,35-38,44,46,48,56,81H,6-11,19-20,22-27,29-34,67H2,1-5H3,(H,68,83)(H,74,85)(H,75,82)(H2,66,70,71)/t38-,44+,46-,56+,62?/m0/s1. The van der Waals surface area contributed by atoms with E-state index in [4.69, 9.17) is 21.2 Å². The van der Waals surface area contributed by atoms with Gasteiger partial charge in [-0.2, -0.15) is 0 Å². The van der Waals surface area contributed by atoms with Gasteiger partial charge in [-0.3, -0.25) is 33.9 Å². The van der Waals surface area contributed by atoms with Crippen molar-refractivity contribution in [1.82, 2.24) is 60.1 Å². The summed E-state index contributed by atoms with van der Waals surface area (Å²) in [7, 11) is 0. The number of aliphatic hydroxyl groups excluding tert-OH is 1. The highest BCUT2D eigenvalue weighted by Crippen LogP contribution is 2.39. The number of nitrogens with zero attached hydrogens (tertiary/aromatic N) is 10. The van der Waals surface area contributed by atoms with E-state index >= 15 is 4.39 Å². The molecule has 1 unspecified atom stereocenters. The van der Waals surface area contributed by atoms with Gasteiger partial charge in [-0.1, -0.05) is 45.0 Å². The van der Waals surface area contributed by atoms with Crippen LogP contribution in [0.2, 0.25) is 0 Å². The average molecular weight is 1240 g/mol. The van der Waals surface area contributed by atoms with E-state index < -0.39 is 66.2 Å². The number of likely N-dealkylation sites (tertiary alicyclic amines) is 1. The van der Waals surface area contributed by atoms with E-state index in [1.165, 1.54) is 29.4 Å². The molecular formula is C62H80F3N15O7S. The second-order valence-electron chi connectivity index (χ2n) is 24.4. The van der Waals surface area contributed by atoms with E-state index in [2.05, 4.69) is 40.8 Å². The molecule has 8 N–H and O–H groups in total. The van der Waals surface area contributed by atoms with Gasteiger partial charge in [0.25, 0.3) is 5.91 Å². The number of rotatable bonds is 24. The van der Waals surface area contributed by atoms with E-state index in [-0.39, 0.29) is 80.8 Å². The first-order valence-electron chi connectivity index (χ1n) is 30.0. The Morgan fingerprint density at radius 3 is 2.40 bits per heavy atom. The van der Waals surface area contributed by atoms with Crippen molar-refractivity contribution in [3.63, 3.8) is 0 Å². The number of hydrogen-bond donors (Lipinski definition) is 6. The highest BCUT2D eigenvalue weighted by atomic mass is 32.1. The molecule has 22 nitrogen and oxygen atoms in total. The van der Waals surface area contributed by atoms with Crippen LogP contribution in [0.4, 0.5) is 24.7 Å². The van der Waals surface area contributed by atoms with Crippen LogP contribution in [0.5, 0.6) is 5.75 Å². The van der Waals surface area contributed by atoms with Gasteiger partial charge in [-0.25, -0.2) is 33.1 Å². The Morgan fingerprint density at radius 2 is 1.67 bits per heavy atom. The smallest absolute Gasteiger partial charge is 0.257 e. The second kappa shape index (κ2) is 28.6. The molecule has 7 heterocycles. The van der Waals surface area contributed by atoms with Crippen LogP contribution in [0.3, 0.4) is 0 Å². The van der Waals surface area contributed by atoms with Crippen LogP contribution < -0.4 is 37.1 Å². The van der Waals surface area contributed by atoms with Crippen molar-refractivity contribution < 1.29 is 47.0 Å². The summed E-state index contributed by atoms with van der Waals surface area (Å²) in [6.07, 6.45) is 3.63. The zero-order chi connectivity index (χ0) is 62.9. The van der Waals surface area contributed by atoms with Crippen LogP contribution >= 0.6 is 11.3 Å². The molecule has 5 atom stereocenters. The van der Waals surface area contributed by atoms with Crippen LogP contribution in [0.25, 0.3) is 32.9 Å². The minimum atomic E-state index is -2.60. The Kier molecular flexibility index (Phi) is 21.0. The zero-order valence-corrected chi connectivity index (χ0v) is 51.3. The second-order valence-corrected chi connectivity index (χ2v) is 25.3. The molecule has 3 fully saturated rings. The lowest BCUT2D eigenvalue weighted by Crippen LogP contribution is -2.57. The number of unbranched alkanes of at least 4 members (excludes halogenated alkanes) is 1. The molecule has 88 heavy (non-hydrogen) atoms. The minimum Gasteiger partial charge on any atom is -0.481 e. The van der Waals surface area contributed by atoms with Gasteiger partial charge in [-0.05, 0) is 98.9 Å². The summed E-state index contributed by atoms with van der Waals surface area (Å²) >= 11 is 1.56. The van der Waals surface area contributed by atoms with Crippen molar-refractivity contribution in [1.29, 1.82) is 0 Å². The highest BCUT2D eigenvalue weighted by Gasteiger charge is 2.45. The number of benzene rings is 2. The lowest BCUT2D eigenvalue weighted by Gasteiger charge is -2.42. The number of fused-ring (bicyclic) bond motifs is 1. The molecule has 0 spiro atoms. The number of piperidine rings is 1. The topological polar surface area (TPSA) is 285 Å². The lowest BCUT2D eigenvalue weighted by molar-refractivity contribution is -0.144. The first-order valence-corrected chi connectivity index (χ1v) is 30.9. The maximum atomic E-state index is 15.4. The van der Waals surface area contributed by atoms with E-state index in [1.807, 2.05) is 69.3 Å². The molecule has 4 aromatic heterocycles. The highest BCUT2D eigenvalue weighted by molar-refractivity contribution is 7.13. The average Bonchev–Trinajstić information content (AvgIpc) is 1.53. The van der Waals surface area contributed by atoms with E-state index in [9.17, 15) is 37.9 Å². The number of carbonyl (C=O) groups is 5. The predicted molar refractivity (Wildman–Crippen MR) is 328 cm³/mol. The van der Waals surface area contributed by atoms with Crippen molar-refractivity contribution >= 4 is 63.5 Å². The summed E-state index contributed by atoms with van der Waals surface area (Å²) in [4.78, 5) is 97.9. The Hall–Kier alpha value is -7.81. The number of aryl methyl sites for hydroxylation is 1. The number of β-amino-alcohol motifs (C(OH)–C–C–N with tert-alkyl or cyclic N) is 1. The lowest BCUT2D eigenvalue weighted by atomic mass is 9.85. The van der Waals surface area contributed by atoms with Crippen molar-refractivity contribution in [2.75, 3.05) is 76.1 Å². The fourth-order valence-electron chi connectivity index (χ4n) is 11.9. The summed E-state index contributed by atoms with van der Waals surface area (Å²) in [6.45, 7) is 13.0. The quantitative estimate of drug-likeness (QED) is 0.0379. The molecule has 3 saturated heterocycles. The number of ether oxygens (including phenoxy) is 1. The number of nitrogens with two attached hydrogens (primary N) is 2. The third kappa shape index (κ3) is 16.1. The Morgan fingerprint density at radius 1 is 0.909 bits per heavy atom. The molecule has 0 saturated carbocycles. The van der Waals surface area contributed by atoms with E-state index in [0.717, 1.165) is 40.2 Å². The van der Waals surface area contributed by atoms with Crippen LogP contribution in [-0.4, -0.2) is 174 Å². The molecule has 0 bridgehead atoms. The van der Waals surface area contributed by atoms with Crippen LogP contribution in [0.15, 0.2) is 72.9 Å². The molecule has 472 valence electrons. The molecule has 3 aliphatic rings. The number of aromatic nitrogens is 6. The van der Waals surface area contributed by atoms with Gasteiger partial charge < -0.3 is 56.5 Å². The molecular weight excluding hydrogens is 1160 g/mol. The van der Waals surface area contributed by atoms with Gasteiger partial charge in [0.1, 0.15) is 23.9 Å². The first kappa shape index (κ1) is 64.7. The van der Waals surface area contributed by atoms with Crippen LogP contribution in [0.1, 0.15) is 108 Å². The van der Waals surface area contributed by atoms with Gasteiger partial charge in [0.15, 0.2) is 29.6 Å². The largest absolute Gasteiger partial charge is 0.481 e. The number of aliphatic hydroxyl groups is 1. The van der Waals surface area contributed by atoms with Crippen molar-refractivity contribution in [3.05, 3.63) is 95.5 Å². The molecule has 3 aliphatic heterocycles.